The highest BCUT2D eigenvalue weighted by Crippen LogP contribution is 2.64. The van der Waals surface area contributed by atoms with Gasteiger partial charge in [-0.1, -0.05) is 61.3 Å². The van der Waals surface area contributed by atoms with Gasteiger partial charge in [0.25, 0.3) is 0 Å². The molecule has 2 fully saturated rings. The fraction of sp³-hybridized carbons (Fsp3) is 0.364. The summed E-state index contributed by atoms with van der Waals surface area (Å²) in [6.45, 7) is 0.713. The lowest BCUT2D eigenvalue weighted by molar-refractivity contribution is -0.128. The van der Waals surface area contributed by atoms with Gasteiger partial charge < -0.3 is 10.1 Å². The lowest BCUT2D eigenvalue weighted by atomic mass is 9.73. The standard InChI is InChI=1S/C32H27Cl2FN4O3.CH4/c1-42-30(40)17-8-10-19-23(12-17)37-39-25(19)14-26-29(39)27(20-6-3-7-22(34)28(20)35)32(38(26)15-16-4-2-5-16)21-11-9-18(33)13-24(21)36-31(32)41;/h3,6-13,16,26-27,29H,2,4-5,14-15H2,1H3,(H,36,41);1H4/t26-,27-,29+,32+;/m0./s1. The van der Waals surface area contributed by atoms with Crippen LogP contribution in [0.25, 0.3) is 10.9 Å². The second-order valence-electron chi connectivity index (χ2n) is 11.9. The van der Waals surface area contributed by atoms with E-state index < -0.39 is 23.2 Å². The van der Waals surface area contributed by atoms with Crippen LogP contribution in [0.5, 0.6) is 0 Å². The minimum absolute atomic E-state index is 0. The summed E-state index contributed by atoms with van der Waals surface area (Å²) in [7, 11) is 1.35. The molecular formula is C33H31Cl2FN4O3. The van der Waals surface area contributed by atoms with Crippen molar-refractivity contribution in [2.45, 2.75) is 56.7 Å². The average molecular weight is 622 g/mol. The maximum absolute atomic E-state index is 16.2. The molecule has 1 saturated heterocycles. The van der Waals surface area contributed by atoms with E-state index in [0.29, 0.717) is 46.2 Å². The molecule has 222 valence electrons. The van der Waals surface area contributed by atoms with Crippen LogP contribution in [0.2, 0.25) is 10.0 Å². The van der Waals surface area contributed by atoms with Crippen LogP contribution >= 0.6 is 23.2 Å². The number of nitrogens with zero attached hydrogens (tertiary/aromatic N) is 3. The number of fused-ring (bicyclic) bond motifs is 7. The van der Waals surface area contributed by atoms with E-state index >= 15 is 4.39 Å². The van der Waals surface area contributed by atoms with Gasteiger partial charge in [-0.05, 0) is 54.7 Å². The second kappa shape index (κ2) is 10.0. The fourth-order valence-electron chi connectivity index (χ4n) is 7.97. The summed E-state index contributed by atoms with van der Waals surface area (Å²) in [6, 6.07) is 15.4. The van der Waals surface area contributed by atoms with Crippen molar-refractivity contribution in [2.24, 2.45) is 5.92 Å². The zero-order valence-corrected chi connectivity index (χ0v) is 24.3. The Balaban J connectivity index is 0.00000300. The Hall–Kier alpha value is -3.46. The van der Waals surface area contributed by atoms with Crippen molar-refractivity contribution in [1.82, 2.24) is 14.7 Å². The quantitative estimate of drug-likeness (QED) is 0.246. The molecule has 0 unspecified atom stereocenters. The van der Waals surface area contributed by atoms with Crippen molar-refractivity contribution in [3.63, 3.8) is 0 Å². The van der Waals surface area contributed by atoms with Gasteiger partial charge >= 0.3 is 5.97 Å². The smallest absolute Gasteiger partial charge is 0.337 e. The molecule has 1 saturated carbocycles. The van der Waals surface area contributed by atoms with Crippen LogP contribution in [0.3, 0.4) is 0 Å². The Labute approximate surface area is 258 Å². The summed E-state index contributed by atoms with van der Waals surface area (Å²) in [5, 5.41) is 9.58. The van der Waals surface area contributed by atoms with Gasteiger partial charge in [-0.15, -0.1) is 0 Å². The van der Waals surface area contributed by atoms with Gasteiger partial charge in [0.2, 0.25) is 5.91 Å². The number of methoxy groups -OCH3 is 1. The molecule has 4 aliphatic rings. The van der Waals surface area contributed by atoms with Crippen LogP contribution in [0, 0.1) is 11.7 Å². The Kier molecular flexibility index (Phi) is 6.61. The van der Waals surface area contributed by atoms with Crippen molar-refractivity contribution in [3.05, 3.63) is 92.8 Å². The molecule has 4 atom stereocenters. The number of hydrogen-bond acceptors (Lipinski definition) is 5. The number of halogens is 3. The molecule has 0 radical (unpaired) electrons. The summed E-state index contributed by atoms with van der Waals surface area (Å²) in [5.74, 6) is -1.35. The van der Waals surface area contributed by atoms with Gasteiger partial charge in [0.15, 0.2) is 0 Å². The van der Waals surface area contributed by atoms with Gasteiger partial charge in [0, 0.05) is 52.3 Å². The van der Waals surface area contributed by atoms with E-state index in [2.05, 4.69) is 10.2 Å². The van der Waals surface area contributed by atoms with E-state index in [1.165, 1.54) is 19.6 Å². The SMILES string of the molecule is C.COC(=O)c1ccc2c3n(nc2c1)[C@@H]1[C@H](C3)N(CC2CCC2)[C@@]2(C(=O)Nc3cc(Cl)ccc32)[C@H]1c1cccc(Cl)c1F. The summed E-state index contributed by atoms with van der Waals surface area (Å²) in [6.07, 6.45) is 3.99. The summed E-state index contributed by atoms with van der Waals surface area (Å²) < 4.78 is 23.1. The first-order chi connectivity index (χ1) is 20.3. The van der Waals surface area contributed by atoms with Gasteiger partial charge in [0.1, 0.15) is 11.4 Å². The summed E-state index contributed by atoms with van der Waals surface area (Å²) in [4.78, 5) is 29.1. The maximum Gasteiger partial charge on any atom is 0.337 e. The zero-order valence-electron chi connectivity index (χ0n) is 22.7. The highest BCUT2D eigenvalue weighted by atomic mass is 35.5. The highest BCUT2D eigenvalue weighted by molar-refractivity contribution is 6.31. The van der Waals surface area contributed by atoms with E-state index in [0.717, 1.165) is 29.5 Å². The molecule has 1 N–H and O–H groups in total. The number of benzene rings is 3. The van der Waals surface area contributed by atoms with Crippen LogP contribution in [0.1, 0.15) is 65.8 Å². The topological polar surface area (TPSA) is 76.5 Å². The van der Waals surface area contributed by atoms with Crippen LogP contribution in [0.15, 0.2) is 54.6 Å². The number of hydrogen-bond donors (Lipinski definition) is 1. The van der Waals surface area contributed by atoms with Crippen LogP contribution < -0.4 is 5.32 Å². The van der Waals surface area contributed by atoms with Crippen LogP contribution in [-0.2, 0) is 21.5 Å². The molecule has 1 aliphatic carbocycles. The van der Waals surface area contributed by atoms with Crippen molar-refractivity contribution in [2.75, 3.05) is 19.0 Å². The number of aromatic nitrogens is 2. The molecule has 1 aromatic heterocycles. The predicted octanol–water partition coefficient (Wildman–Crippen LogP) is 7.12. The molecule has 3 aromatic carbocycles. The Morgan fingerprint density at radius 3 is 2.72 bits per heavy atom. The third-order valence-corrected chi connectivity index (χ3v) is 10.5. The normalized spacial score (nSPS) is 25.7. The lowest BCUT2D eigenvalue weighted by Crippen LogP contribution is -2.54. The summed E-state index contributed by atoms with van der Waals surface area (Å²) >= 11 is 12.8. The van der Waals surface area contributed by atoms with Gasteiger partial charge in [-0.2, -0.15) is 5.10 Å². The number of nitrogens with one attached hydrogen (secondary N) is 1. The molecule has 4 heterocycles. The Bertz CT molecular complexity index is 1820. The third kappa shape index (κ3) is 3.79. The van der Waals surface area contributed by atoms with Crippen molar-refractivity contribution >= 4 is 51.7 Å². The number of likely N-dealkylation sites (tertiary alicyclic amines) is 1. The third-order valence-electron chi connectivity index (χ3n) is 9.93. The molecule has 0 bridgehead atoms. The number of esters is 1. The molecular weight excluding hydrogens is 590 g/mol. The first-order valence-electron chi connectivity index (χ1n) is 14.2. The molecule has 43 heavy (non-hydrogen) atoms. The molecule has 1 spiro atoms. The Morgan fingerprint density at radius 1 is 1.16 bits per heavy atom. The number of amides is 1. The van der Waals surface area contributed by atoms with Crippen molar-refractivity contribution < 1.29 is 18.7 Å². The van der Waals surface area contributed by atoms with Crippen molar-refractivity contribution in [1.29, 1.82) is 0 Å². The molecule has 10 heteroatoms. The number of ether oxygens (including phenoxy) is 1. The van der Waals surface area contributed by atoms with Crippen LogP contribution in [-0.4, -0.2) is 46.3 Å². The number of anilines is 1. The van der Waals surface area contributed by atoms with E-state index in [9.17, 15) is 9.59 Å². The minimum Gasteiger partial charge on any atom is -0.465 e. The van der Waals surface area contributed by atoms with Gasteiger partial charge in [-0.3, -0.25) is 14.4 Å². The molecule has 7 nitrogen and oxygen atoms in total. The first-order valence-corrected chi connectivity index (χ1v) is 15.0. The molecule has 3 aliphatic heterocycles. The monoisotopic (exact) mass is 620 g/mol. The lowest BCUT2D eigenvalue weighted by Gasteiger charge is -2.43. The van der Waals surface area contributed by atoms with E-state index in [1.807, 2.05) is 16.8 Å². The molecule has 1 amide bonds. The van der Waals surface area contributed by atoms with Crippen LogP contribution in [0.4, 0.5) is 10.1 Å². The number of carbonyl (C=O) groups is 2. The van der Waals surface area contributed by atoms with E-state index in [4.69, 9.17) is 33.0 Å². The largest absolute Gasteiger partial charge is 0.465 e. The fourth-order valence-corrected chi connectivity index (χ4v) is 8.32. The predicted molar refractivity (Wildman–Crippen MR) is 164 cm³/mol. The minimum atomic E-state index is -1.19. The number of carbonyl (C=O) groups excluding carboxylic acids is 2. The molecule has 4 aromatic rings. The maximum atomic E-state index is 16.2. The zero-order chi connectivity index (χ0) is 28.9. The summed E-state index contributed by atoms with van der Waals surface area (Å²) in [5.41, 5.74) is 2.70. The average Bonchev–Trinajstić information content (AvgIpc) is 3.64. The van der Waals surface area contributed by atoms with Gasteiger partial charge in [-0.25, -0.2) is 9.18 Å². The second-order valence-corrected chi connectivity index (χ2v) is 12.7. The number of rotatable bonds is 4. The first kappa shape index (κ1) is 28.3. The highest BCUT2D eigenvalue weighted by Gasteiger charge is 2.69. The van der Waals surface area contributed by atoms with E-state index in [-0.39, 0.29) is 30.4 Å². The van der Waals surface area contributed by atoms with Crippen molar-refractivity contribution in [3.8, 4) is 0 Å². The molecule has 8 rings (SSSR count). The van der Waals surface area contributed by atoms with Gasteiger partial charge in [0.05, 0.1) is 29.3 Å². The van der Waals surface area contributed by atoms with E-state index in [1.54, 1.807) is 36.4 Å². The Morgan fingerprint density at radius 2 is 1.98 bits per heavy atom.